The Morgan fingerprint density at radius 2 is 2.16 bits per heavy atom. The van der Waals surface area contributed by atoms with Crippen LogP contribution < -0.4 is 15.8 Å². The Kier molecular flexibility index (Phi) is 6.92. The lowest BCUT2D eigenvalue weighted by atomic mass is 10.1. The maximum Gasteiger partial charge on any atom is 0.223 e. The summed E-state index contributed by atoms with van der Waals surface area (Å²) in [5.41, 5.74) is 6.26. The highest BCUT2D eigenvalue weighted by Gasteiger charge is 2.10. The zero-order valence-corrected chi connectivity index (χ0v) is 11.5. The number of para-hydroxylation sites is 1. The molecule has 0 fully saturated rings. The van der Waals surface area contributed by atoms with Gasteiger partial charge in [-0.05, 0) is 6.07 Å². The number of rotatable bonds is 9. The Morgan fingerprint density at radius 1 is 1.42 bits per heavy atom. The van der Waals surface area contributed by atoms with Crippen molar-refractivity contribution in [3.05, 3.63) is 29.8 Å². The van der Waals surface area contributed by atoms with Crippen molar-refractivity contribution in [2.75, 3.05) is 26.9 Å². The van der Waals surface area contributed by atoms with Crippen LogP contribution in [0.15, 0.2) is 24.3 Å². The fourth-order valence-corrected chi connectivity index (χ4v) is 1.48. The average Bonchev–Trinajstić information content (AvgIpc) is 2.42. The highest BCUT2D eigenvalue weighted by Crippen LogP contribution is 2.18. The van der Waals surface area contributed by atoms with Gasteiger partial charge in [-0.1, -0.05) is 25.1 Å². The van der Waals surface area contributed by atoms with Gasteiger partial charge in [-0.25, -0.2) is 0 Å². The van der Waals surface area contributed by atoms with Gasteiger partial charge < -0.3 is 20.5 Å². The summed E-state index contributed by atoms with van der Waals surface area (Å²) >= 11 is 0. The number of nitrogens with one attached hydrogen (secondary N) is 1. The molecule has 0 aliphatic carbocycles. The van der Waals surface area contributed by atoms with Gasteiger partial charge in [0.1, 0.15) is 5.75 Å². The van der Waals surface area contributed by atoms with E-state index in [4.69, 9.17) is 15.2 Å². The first-order valence-electron chi connectivity index (χ1n) is 6.34. The van der Waals surface area contributed by atoms with Crippen LogP contribution in [0.2, 0.25) is 0 Å². The molecule has 0 spiro atoms. The molecule has 1 rings (SSSR count). The van der Waals surface area contributed by atoms with Crippen LogP contribution >= 0.6 is 0 Å². The molecule has 1 atom stereocenters. The number of hydrogen-bond acceptors (Lipinski definition) is 4. The zero-order chi connectivity index (χ0) is 14.1. The van der Waals surface area contributed by atoms with E-state index < -0.39 is 0 Å². The van der Waals surface area contributed by atoms with Crippen molar-refractivity contribution in [1.82, 2.24) is 5.32 Å². The minimum Gasteiger partial charge on any atom is -0.492 e. The largest absolute Gasteiger partial charge is 0.492 e. The maximum atomic E-state index is 11.0. The Morgan fingerprint density at radius 3 is 2.84 bits per heavy atom. The second kappa shape index (κ2) is 8.50. The van der Waals surface area contributed by atoms with Gasteiger partial charge in [-0.2, -0.15) is 0 Å². The van der Waals surface area contributed by atoms with E-state index in [2.05, 4.69) is 5.32 Å². The Balaban J connectivity index is 2.50. The van der Waals surface area contributed by atoms with Crippen LogP contribution in [0, 0.1) is 5.92 Å². The summed E-state index contributed by atoms with van der Waals surface area (Å²) in [5, 5.41) is 3.26. The molecule has 1 aromatic rings. The van der Waals surface area contributed by atoms with Crippen molar-refractivity contribution in [1.29, 1.82) is 0 Å². The lowest BCUT2D eigenvalue weighted by Crippen LogP contribution is -2.26. The minimum absolute atomic E-state index is 0.296. The fraction of sp³-hybridized carbons (Fsp3) is 0.500. The van der Waals surface area contributed by atoms with Crippen LogP contribution in [0.1, 0.15) is 12.5 Å². The molecule has 19 heavy (non-hydrogen) atoms. The molecule has 0 aliphatic heterocycles. The third-order valence-corrected chi connectivity index (χ3v) is 2.75. The van der Waals surface area contributed by atoms with Crippen molar-refractivity contribution < 1.29 is 14.3 Å². The molecule has 1 amide bonds. The molecule has 5 heteroatoms. The van der Waals surface area contributed by atoms with E-state index in [0.717, 1.165) is 17.9 Å². The van der Waals surface area contributed by atoms with E-state index in [-0.39, 0.29) is 11.8 Å². The van der Waals surface area contributed by atoms with Gasteiger partial charge in [0, 0.05) is 25.8 Å². The molecule has 5 nitrogen and oxygen atoms in total. The van der Waals surface area contributed by atoms with Crippen molar-refractivity contribution in [2.24, 2.45) is 11.7 Å². The van der Waals surface area contributed by atoms with Crippen LogP contribution in [0.3, 0.4) is 0 Å². The summed E-state index contributed by atoms with van der Waals surface area (Å²) in [5.74, 6) is 0.130. The van der Waals surface area contributed by atoms with E-state index in [1.165, 1.54) is 0 Å². The van der Waals surface area contributed by atoms with Crippen LogP contribution in [-0.2, 0) is 16.1 Å². The topological polar surface area (TPSA) is 73.6 Å². The van der Waals surface area contributed by atoms with Crippen LogP contribution in [-0.4, -0.2) is 32.8 Å². The standard InChI is InChI=1S/C14H22N2O3/c1-11(14(15)17)10-19-13-6-4-3-5-12(13)9-16-7-8-18-2/h3-6,11,16H,7-10H2,1-2H3,(H2,15,17). The number of benzene rings is 1. The van der Waals surface area contributed by atoms with Crippen LogP contribution in [0.5, 0.6) is 5.75 Å². The van der Waals surface area contributed by atoms with Gasteiger partial charge in [-0.15, -0.1) is 0 Å². The second-order valence-corrected chi connectivity index (χ2v) is 4.39. The molecule has 0 aliphatic rings. The van der Waals surface area contributed by atoms with Gasteiger partial charge >= 0.3 is 0 Å². The number of amides is 1. The summed E-state index contributed by atoms with van der Waals surface area (Å²) in [4.78, 5) is 11.0. The number of carbonyl (C=O) groups excluding carboxylic acids is 1. The highest BCUT2D eigenvalue weighted by molar-refractivity contribution is 5.76. The van der Waals surface area contributed by atoms with E-state index >= 15 is 0 Å². The number of methoxy groups -OCH3 is 1. The molecule has 0 heterocycles. The number of carbonyl (C=O) groups is 1. The smallest absolute Gasteiger partial charge is 0.223 e. The number of nitrogens with two attached hydrogens (primary N) is 1. The third-order valence-electron chi connectivity index (χ3n) is 2.75. The molecule has 0 saturated heterocycles. The maximum absolute atomic E-state index is 11.0. The predicted molar refractivity (Wildman–Crippen MR) is 73.9 cm³/mol. The van der Waals surface area contributed by atoms with Gasteiger partial charge in [0.05, 0.1) is 19.1 Å². The second-order valence-electron chi connectivity index (χ2n) is 4.39. The molecule has 0 aromatic heterocycles. The quantitative estimate of drug-likeness (QED) is 0.652. The summed E-state index contributed by atoms with van der Waals surface area (Å²) in [7, 11) is 1.67. The van der Waals surface area contributed by atoms with Crippen LogP contribution in [0.4, 0.5) is 0 Å². The Bertz CT molecular complexity index is 396. The lowest BCUT2D eigenvalue weighted by Gasteiger charge is -2.14. The molecule has 3 N–H and O–H groups in total. The van der Waals surface area contributed by atoms with Gasteiger partial charge in [0.15, 0.2) is 0 Å². The third kappa shape index (κ3) is 5.72. The van der Waals surface area contributed by atoms with Crippen molar-refractivity contribution in [2.45, 2.75) is 13.5 Å². The van der Waals surface area contributed by atoms with Gasteiger partial charge in [-0.3, -0.25) is 4.79 Å². The molecular formula is C14H22N2O3. The summed E-state index contributed by atoms with van der Waals surface area (Å²) in [6, 6.07) is 7.74. The first kappa shape index (κ1) is 15.5. The van der Waals surface area contributed by atoms with E-state index in [1.807, 2.05) is 24.3 Å². The first-order valence-corrected chi connectivity index (χ1v) is 6.34. The summed E-state index contributed by atoms with van der Waals surface area (Å²) < 4.78 is 10.6. The number of primary amides is 1. The summed E-state index contributed by atoms with van der Waals surface area (Å²) in [6.07, 6.45) is 0. The normalized spacial score (nSPS) is 12.1. The molecule has 0 radical (unpaired) electrons. The van der Waals surface area contributed by atoms with Crippen molar-refractivity contribution in [3.8, 4) is 5.75 Å². The van der Waals surface area contributed by atoms with E-state index in [1.54, 1.807) is 14.0 Å². The van der Waals surface area contributed by atoms with Crippen LogP contribution in [0.25, 0.3) is 0 Å². The SMILES string of the molecule is COCCNCc1ccccc1OCC(C)C(N)=O. The van der Waals surface area contributed by atoms with Crippen molar-refractivity contribution >= 4 is 5.91 Å². The lowest BCUT2D eigenvalue weighted by molar-refractivity contribution is -0.122. The van der Waals surface area contributed by atoms with Gasteiger partial charge in [0.2, 0.25) is 5.91 Å². The number of ether oxygens (including phenoxy) is 2. The summed E-state index contributed by atoms with van der Waals surface area (Å²) in [6.45, 7) is 4.20. The Labute approximate surface area is 114 Å². The van der Waals surface area contributed by atoms with E-state index in [0.29, 0.717) is 19.8 Å². The monoisotopic (exact) mass is 266 g/mol. The highest BCUT2D eigenvalue weighted by atomic mass is 16.5. The fourth-order valence-electron chi connectivity index (χ4n) is 1.48. The molecule has 1 aromatic carbocycles. The minimum atomic E-state index is -0.351. The molecule has 1 unspecified atom stereocenters. The van der Waals surface area contributed by atoms with E-state index in [9.17, 15) is 4.79 Å². The van der Waals surface area contributed by atoms with Gasteiger partial charge in [0.25, 0.3) is 0 Å². The zero-order valence-electron chi connectivity index (χ0n) is 11.5. The average molecular weight is 266 g/mol. The molecule has 106 valence electrons. The molecular weight excluding hydrogens is 244 g/mol. The predicted octanol–water partition coefficient (Wildman–Crippen LogP) is 0.923. The Hall–Kier alpha value is -1.59. The first-order chi connectivity index (χ1) is 9.15. The molecule has 0 saturated carbocycles. The number of hydrogen-bond donors (Lipinski definition) is 2. The van der Waals surface area contributed by atoms with Crippen molar-refractivity contribution in [3.63, 3.8) is 0 Å². The molecule has 0 bridgehead atoms.